The number of rotatable bonds is 5. The van der Waals surface area contributed by atoms with Gasteiger partial charge in [0.05, 0.1) is 18.8 Å². The smallest absolute Gasteiger partial charge is 0.338 e. The van der Waals surface area contributed by atoms with Gasteiger partial charge in [0.1, 0.15) is 24.6 Å². The predicted molar refractivity (Wildman–Crippen MR) is 95.5 cm³/mol. The van der Waals surface area contributed by atoms with Crippen LogP contribution in [0.3, 0.4) is 0 Å². The van der Waals surface area contributed by atoms with Crippen LogP contribution in [0.2, 0.25) is 5.02 Å². The van der Waals surface area contributed by atoms with E-state index in [-0.39, 0.29) is 25.0 Å². The second kappa shape index (κ2) is 7.23. The molecule has 5 nitrogen and oxygen atoms in total. The molecule has 0 radical (unpaired) electrons. The van der Waals surface area contributed by atoms with E-state index >= 15 is 0 Å². The summed E-state index contributed by atoms with van der Waals surface area (Å²) in [6.45, 7) is 9.81. The fourth-order valence-electron chi connectivity index (χ4n) is 3.57. The molecule has 6 heteroatoms. The van der Waals surface area contributed by atoms with Crippen molar-refractivity contribution in [1.82, 2.24) is 4.90 Å². The Kier molecular flexibility index (Phi) is 5.40. The summed E-state index contributed by atoms with van der Waals surface area (Å²) in [6, 6.07) is 6.71. The minimum atomic E-state index is -0.411. The van der Waals surface area contributed by atoms with Crippen molar-refractivity contribution in [2.45, 2.75) is 45.7 Å². The van der Waals surface area contributed by atoms with E-state index < -0.39 is 5.54 Å². The van der Waals surface area contributed by atoms with Gasteiger partial charge in [0.25, 0.3) is 0 Å². The summed E-state index contributed by atoms with van der Waals surface area (Å²) < 4.78 is 17.7. The van der Waals surface area contributed by atoms with Gasteiger partial charge in [-0.2, -0.15) is 0 Å². The summed E-state index contributed by atoms with van der Waals surface area (Å²) in [6.07, 6.45) is -0.0479. The number of hydrogen-bond donors (Lipinski definition) is 0. The minimum Gasteiger partial charge on any atom is -0.460 e. The maximum atomic E-state index is 12.4. The van der Waals surface area contributed by atoms with Gasteiger partial charge in [0, 0.05) is 5.02 Å². The van der Waals surface area contributed by atoms with Crippen LogP contribution in [-0.2, 0) is 14.2 Å². The molecule has 138 valence electrons. The van der Waals surface area contributed by atoms with E-state index in [0.29, 0.717) is 35.6 Å². The number of carbonyl (C=O) groups excluding carboxylic acids is 1. The number of fused-ring (bicyclic) bond motifs is 1. The summed E-state index contributed by atoms with van der Waals surface area (Å²) in [4.78, 5) is 14.6. The van der Waals surface area contributed by atoms with Gasteiger partial charge in [-0.1, -0.05) is 39.3 Å². The van der Waals surface area contributed by atoms with Crippen molar-refractivity contribution in [3.05, 3.63) is 34.9 Å². The lowest BCUT2D eigenvalue weighted by atomic mass is 9.99. The first-order valence-electron chi connectivity index (χ1n) is 8.78. The molecule has 2 aliphatic rings. The van der Waals surface area contributed by atoms with Crippen LogP contribution in [-0.4, -0.2) is 48.7 Å². The Balaban J connectivity index is 1.73. The van der Waals surface area contributed by atoms with E-state index in [2.05, 4.69) is 32.6 Å². The van der Waals surface area contributed by atoms with E-state index in [4.69, 9.17) is 25.8 Å². The zero-order valence-electron chi connectivity index (χ0n) is 15.2. The molecule has 0 spiro atoms. The number of hydrogen-bond acceptors (Lipinski definition) is 5. The summed E-state index contributed by atoms with van der Waals surface area (Å²) in [7, 11) is 0. The summed E-state index contributed by atoms with van der Waals surface area (Å²) in [5.41, 5.74) is 0.0809. The molecular weight excluding hydrogens is 342 g/mol. The number of ether oxygens (including phenoxy) is 3. The van der Waals surface area contributed by atoms with E-state index in [0.717, 1.165) is 0 Å². The van der Waals surface area contributed by atoms with Gasteiger partial charge in [-0.3, -0.25) is 0 Å². The van der Waals surface area contributed by atoms with Crippen molar-refractivity contribution in [1.29, 1.82) is 0 Å². The lowest BCUT2D eigenvalue weighted by Gasteiger charge is -2.36. The van der Waals surface area contributed by atoms with E-state index in [1.54, 1.807) is 24.3 Å². The topological polar surface area (TPSA) is 48.0 Å². The second-order valence-corrected chi connectivity index (χ2v) is 8.04. The first-order chi connectivity index (χ1) is 11.8. The number of benzene rings is 1. The van der Waals surface area contributed by atoms with E-state index in [1.807, 2.05) is 0 Å². The largest absolute Gasteiger partial charge is 0.460 e. The quantitative estimate of drug-likeness (QED) is 0.745. The molecule has 2 aliphatic heterocycles. The fourth-order valence-corrected chi connectivity index (χ4v) is 3.70. The van der Waals surface area contributed by atoms with Crippen LogP contribution in [0.15, 0.2) is 24.3 Å². The third-order valence-corrected chi connectivity index (χ3v) is 5.09. The van der Waals surface area contributed by atoms with Gasteiger partial charge >= 0.3 is 5.97 Å². The van der Waals surface area contributed by atoms with Crippen molar-refractivity contribution in [2.75, 3.05) is 19.8 Å². The Labute approximate surface area is 154 Å². The highest BCUT2D eigenvalue weighted by Gasteiger charge is 2.57. The van der Waals surface area contributed by atoms with Crippen molar-refractivity contribution in [3.8, 4) is 0 Å². The van der Waals surface area contributed by atoms with E-state index in [9.17, 15) is 4.79 Å². The molecule has 0 amide bonds. The summed E-state index contributed by atoms with van der Waals surface area (Å²) in [5, 5.41) is 0.592. The zero-order chi connectivity index (χ0) is 18.2. The average Bonchev–Trinajstić information content (AvgIpc) is 3.10. The molecular formula is C19H26ClNO4. The molecule has 0 aromatic heterocycles. The molecule has 0 bridgehead atoms. The fraction of sp³-hybridized carbons (Fsp3) is 0.632. The lowest BCUT2D eigenvalue weighted by molar-refractivity contribution is -0.0961. The molecule has 25 heavy (non-hydrogen) atoms. The molecule has 2 atom stereocenters. The highest BCUT2D eigenvalue weighted by atomic mass is 35.5. The summed E-state index contributed by atoms with van der Waals surface area (Å²) >= 11 is 5.87. The van der Waals surface area contributed by atoms with Crippen molar-refractivity contribution in [3.63, 3.8) is 0 Å². The molecule has 1 aromatic carbocycles. The number of carbonyl (C=O) groups is 1. The Bertz CT molecular complexity index is 596. The van der Waals surface area contributed by atoms with Crippen LogP contribution in [0.25, 0.3) is 0 Å². The molecule has 0 saturated carbocycles. The standard InChI is InChI=1S/C19H26ClNO4/c1-12(2)16-21-17(13(3)4)24-10-19(21,9-23-16)11-25-18(22)14-5-7-15(20)8-6-14/h5-8,12-13,16-17H,9-11H2,1-4H3/t16-,17-/m0/s1. The van der Waals surface area contributed by atoms with Gasteiger partial charge in [-0.25, -0.2) is 9.69 Å². The van der Waals surface area contributed by atoms with Gasteiger partial charge in [-0.15, -0.1) is 0 Å². The third-order valence-electron chi connectivity index (χ3n) is 4.83. The van der Waals surface area contributed by atoms with Gasteiger partial charge < -0.3 is 14.2 Å². The molecule has 0 N–H and O–H groups in total. The predicted octanol–water partition coefficient (Wildman–Crippen LogP) is 3.56. The first-order valence-corrected chi connectivity index (χ1v) is 9.16. The Morgan fingerprint density at radius 3 is 2.16 bits per heavy atom. The van der Waals surface area contributed by atoms with Gasteiger partial charge in [0.15, 0.2) is 0 Å². The van der Waals surface area contributed by atoms with Crippen LogP contribution < -0.4 is 0 Å². The Hall–Kier alpha value is -1.14. The van der Waals surface area contributed by atoms with Crippen molar-refractivity contribution < 1.29 is 19.0 Å². The molecule has 0 aliphatic carbocycles. The van der Waals surface area contributed by atoms with Crippen LogP contribution in [0.1, 0.15) is 38.1 Å². The van der Waals surface area contributed by atoms with Crippen LogP contribution >= 0.6 is 11.6 Å². The van der Waals surface area contributed by atoms with Crippen LogP contribution in [0, 0.1) is 11.8 Å². The minimum absolute atomic E-state index is 0.0240. The van der Waals surface area contributed by atoms with Gasteiger partial charge in [0.2, 0.25) is 0 Å². The second-order valence-electron chi connectivity index (χ2n) is 7.61. The molecule has 3 rings (SSSR count). The number of esters is 1. The molecule has 2 heterocycles. The van der Waals surface area contributed by atoms with Crippen LogP contribution in [0.4, 0.5) is 0 Å². The molecule has 2 fully saturated rings. The Morgan fingerprint density at radius 1 is 1.16 bits per heavy atom. The highest BCUT2D eigenvalue weighted by molar-refractivity contribution is 6.30. The lowest BCUT2D eigenvalue weighted by Crippen LogP contribution is -2.54. The Morgan fingerprint density at radius 2 is 1.68 bits per heavy atom. The number of halogens is 1. The summed E-state index contributed by atoms with van der Waals surface area (Å²) in [5.74, 6) is 0.306. The highest BCUT2D eigenvalue weighted by Crippen LogP contribution is 2.41. The monoisotopic (exact) mass is 367 g/mol. The average molecular weight is 368 g/mol. The van der Waals surface area contributed by atoms with Crippen molar-refractivity contribution in [2.24, 2.45) is 11.8 Å². The van der Waals surface area contributed by atoms with Crippen LogP contribution in [0.5, 0.6) is 0 Å². The maximum absolute atomic E-state index is 12.4. The number of nitrogens with zero attached hydrogens (tertiary/aromatic N) is 1. The normalized spacial score (nSPS) is 25.6. The molecule has 2 saturated heterocycles. The zero-order valence-corrected chi connectivity index (χ0v) is 16.0. The first kappa shape index (κ1) is 18.6. The molecule has 1 aromatic rings. The molecule has 0 unspecified atom stereocenters. The third kappa shape index (κ3) is 3.56. The van der Waals surface area contributed by atoms with Gasteiger partial charge in [-0.05, 0) is 36.1 Å². The van der Waals surface area contributed by atoms with E-state index in [1.165, 1.54) is 0 Å². The van der Waals surface area contributed by atoms with Crippen molar-refractivity contribution >= 4 is 17.6 Å². The SMILES string of the molecule is CC(C)[C@@H]1OCC2(COC(=O)c3ccc(Cl)cc3)CO[C@@H](C(C)C)N12. The maximum Gasteiger partial charge on any atom is 0.338 e.